The molecular formula is C22H40N4O6. The van der Waals surface area contributed by atoms with Gasteiger partial charge in [-0.3, -0.25) is 14.9 Å². The number of carbonyl (C=O) groups excluding carboxylic acids is 3. The van der Waals surface area contributed by atoms with Crippen molar-refractivity contribution in [1.82, 2.24) is 10.6 Å². The van der Waals surface area contributed by atoms with E-state index in [0.29, 0.717) is 12.8 Å². The quantitative estimate of drug-likeness (QED) is 0.189. The van der Waals surface area contributed by atoms with Crippen LogP contribution in [0.3, 0.4) is 0 Å². The molecule has 0 spiro atoms. The largest absolute Gasteiger partial charge is 0.425 e. The third kappa shape index (κ3) is 8.29. The molecule has 0 bridgehead atoms. The lowest BCUT2D eigenvalue weighted by Crippen LogP contribution is -2.50. The molecule has 2 amide bonds. The summed E-state index contributed by atoms with van der Waals surface area (Å²) < 4.78 is 10.1. The number of aliphatic hydroxyl groups excluding tert-OH is 1. The lowest BCUT2D eigenvalue weighted by atomic mass is 9.81. The molecule has 0 aromatic carbocycles. The molecule has 1 fully saturated rings. The molecule has 0 aromatic heterocycles. The highest BCUT2D eigenvalue weighted by Gasteiger charge is 2.43. The lowest BCUT2D eigenvalue weighted by Gasteiger charge is -2.35. The van der Waals surface area contributed by atoms with Crippen LogP contribution in [0.2, 0.25) is 0 Å². The van der Waals surface area contributed by atoms with Crippen LogP contribution in [0.25, 0.3) is 0 Å². The first-order valence-corrected chi connectivity index (χ1v) is 11.3. The predicted octanol–water partition coefficient (Wildman–Crippen LogP) is 2.04. The second kappa shape index (κ2) is 12.0. The van der Waals surface area contributed by atoms with E-state index in [9.17, 15) is 19.5 Å². The van der Waals surface area contributed by atoms with Crippen LogP contribution in [0.4, 0.5) is 4.79 Å². The number of aliphatic hydroxyl groups is 1. The van der Waals surface area contributed by atoms with Crippen LogP contribution in [-0.2, 0) is 19.1 Å². The minimum absolute atomic E-state index is 0.167. The van der Waals surface area contributed by atoms with Gasteiger partial charge in [0.1, 0.15) is 0 Å². The summed E-state index contributed by atoms with van der Waals surface area (Å²) in [6.45, 7) is 12.0. The molecule has 1 rings (SSSR count). The number of nitrogens with two attached hydrogens (primary N) is 1. The van der Waals surface area contributed by atoms with Crippen LogP contribution in [-0.4, -0.2) is 53.5 Å². The number of rotatable bonds is 8. The van der Waals surface area contributed by atoms with E-state index in [1.807, 2.05) is 13.8 Å². The van der Waals surface area contributed by atoms with Crippen molar-refractivity contribution in [1.29, 1.82) is 0 Å². The monoisotopic (exact) mass is 456 g/mol. The summed E-state index contributed by atoms with van der Waals surface area (Å²) in [5, 5.41) is 15.9. The van der Waals surface area contributed by atoms with Crippen molar-refractivity contribution in [2.45, 2.75) is 98.6 Å². The number of amides is 2. The number of guanidine groups is 1. The van der Waals surface area contributed by atoms with Crippen molar-refractivity contribution in [3.63, 3.8) is 0 Å². The maximum absolute atomic E-state index is 12.1. The van der Waals surface area contributed by atoms with Gasteiger partial charge in [-0.2, -0.15) is 0 Å². The number of ether oxygens (including phenoxy) is 2. The molecule has 10 nitrogen and oxygen atoms in total. The molecule has 10 heteroatoms. The number of hydrogen-bond donors (Lipinski definition) is 4. The summed E-state index contributed by atoms with van der Waals surface area (Å²) in [4.78, 5) is 40.2. The van der Waals surface area contributed by atoms with E-state index in [0.717, 1.165) is 12.8 Å². The highest BCUT2D eigenvalue weighted by molar-refractivity contribution is 5.93. The topological polar surface area (TPSA) is 152 Å². The van der Waals surface area contributed by atoms with Crippen LogP contribution in [0.1, 0.15) is 74.1 Å². The van der Waals surface area contributed by atoms with E-state index in [2.05, 4.69) is 15.6 Å². The molecule has 1 aliphatic rings. The fourth-order valence-corrected chi connectivity index (χ4v) is 4.02. The van der Waals surface area contributed by atoms with Gasteiger partial charge in [0.2, 0.25) is 12.2 Å². The van der Waals surface area contributed by atoms with E-state index in [-0.39, 0.29) is 35.8 Å². The Morgan fingerprint density at radius 3 is 2.25 bits per heavy atom. The van der Waals surface area contributed by atoms with Gasteiger partial charge in [0.15, 0.2) is 5.96 Å². The third-order valence-corrected chi connectivity index (χ3v) is 5.68. The highest BCUT2D eigenvalue weighted by Crippen LogP contribution is 2.35. The van der Waals surface area contributed by atoms with Gasteiger partial charge in [-0.1, -0.05) is 26.7 Å². The van der Waals surface area contributed by atoms with Crippen molar-refractivity contribution >= 4 is 23.9 Å². The Balaban J connectivity index is 2.85. The van der Waals surface area contributed by atoms with Gasteiger partial charge in [0.25, 0.3) is 0 Å². The molecule has 32 heavy (non-hydrogen) atoms. The first kappa shape index (κ1) is 27.7. The van der Waals surface area contributed by atoms with Gasteiger partial charge in [-0.05, 0) is 39.5 Å². The molecule has 184 valence electrons. The van der Waals surface area contributed by atoms with Crippen molar-refractivity contribution in [2.24, 2.45) is 28.0 Å². The average molecular weight is 457 g/mol. The van der Waals surface area contributed by atoms with Crippen LogP contribution in [0.5, 0.6) is 0 Å². The normalized spacial score (nSPS) is 23.4. The number of esters is 1. The summed E-state index contributed by atoms with van der Waals surface area (Å²) in [7, 11) is 0. The number of aliphatic imine (C=N–C) groups is 1. The fraction of sp³-hybridized carbons (Fsp3) is 0.818. The zero-order valence-electron chi connectivity index (χ0n) is 20.3. The predicted molar refractivity (Wildman–Crippen MR) is 120 cm³/mol. The number of nitrogens with one attached hydrogen (secondary N) is 2. The zero-order valence-corrected chi connectivity index (χ0v) is 20.3. The molecule has 0 radical (unpaired) electrons. The van der Waals surface area contributed by atoms with Gasteiger partial charge in [0, 0.05) is 25.8 Å². The Hall–Kier alpha value is -2.36. The molecule has 0 heterocycles. The Morgan fingerprint density at radius 2 is 1.75 bits per heavy atom. The van der Waals surface area contributed by atoms with Gasteiger partial charge in [-0.15, -0.1) is 0 Å². The van der Waals surface area contributed by atoms with Gasteiger partial charge < -0.3 is 25.6 Å². The van der Waals surface area contributed by atoms with Crippen LogP contribution in [0, 0.1) is 17.3 Å². The molecule has 0 saturated heterocycles. The van der Waals surface area contributed by atoms with Gasteiger partial charge in [0.05, 0.1) is 17.6 Å². The maximum atomic E-state index is 12.1. The third-order valence-electron chi connectivity index (χ3n) is 5.68. The second-order valence-electron chi connectivity index (χ2n) is 9.36. The highest BCUT2D eigenvalue weighted by atomic mass is 16.7. The van der Waals surface area contributed by atoms with E-state index in [1.165, 1.54) is 13.8 Å². The van der Waals surface area contributed by atoms with Crippen molar-refractivity contribution in [3.05, 3.63) is 0 Å². The number of hydrogen-bond acceptors (Lipinski definition) is 7. The minimum atomic E-state index is -1.10. The molecule has 5 atom stereocenters. The smallest absolute Gasteiger partial charge is 0.417 e. The average Bonchev–Trinajstić information content (AvgIpc) is 3.00. The summed E-state index contributed by atoms with van der Waals surface area (Å²) in [5.41, 5.74) is 5.18. The van der Waals surface area contributed by atoms with Crippen LogP contribution in [0.15, 0.2) is 4.99 Å². The Bertz CT molecular complexity index is 686. The van der Waals surface area contributed by atoms with Crippen molar-refractivity contribution in [2.75, 3.05) is 0 Å². The minimum Gasteiger partial charge on any atom is -0.425 e. The maximum Gasteiger partial charge on any atom is 0.417 e. The number of carbonyl (C=O) groups is 3. The Morgan fingerprint density at radius 1 is 1.16 bits per heavy atom. The molecule has 0 aromatic rings. The van der Waals surface area contributed by atoms with Crippen LogP contribution >= 0.6 is 0 Å². The van der Waals surface area contributed by atoms with Crippen LogP contribution < -0.4 is 16.4 Å². The first-order valence-electron chi connectivity index (χ1n) is 11.3. The van der Waals surface area contributed by atoms with E-state index in [1.54, 1.807) is 20.8 Å². The Labute approximate surface area is 190 Å². The molecule has 1 saturated carbocycles. The molecule has 3 unspecified atom stereocenters. The van der Waals surface area contributed by atoms with E-state index >= 15 is 0 Å². The SMILES string of the molecule is CCC(CC)C(NC(C)=O)[C@H]1C(N=C(N)NC(=O)OC(C)OC(=O)C(C)(C)C)CC[C@H]1O. The number of nitrogens with zero attached hydrogens (tertiary/aromatic N) is 1. The molecule has 1 aliphatic carbocycles. The van der Waals surface area contributed by atoms with Gasteiger partial charge >= 0.3 is 12.1 Å². The zero-order chi connectivity index (χ0) is 24.6. The first-order chi connectivity index (χ1) is 14.8. The van der Waals surface area contributed by atoms with E-state index < -0.39 is 29.9 Å². The second-order valence-corrected chi connectivity index (χ2v) is 9.36. The molecular weight excluding hydrogens is 416 g/mol. The molecule has 5 N–H and O–H groups in total. The fourth-order valence-electron chi connectivity index (χ4n) is 4.02. The van der Waals surface area contributed by atoms with Gasteiger partial charge in [-0.25, -0.2) is 9.79 Å². The summed E-state index contributed by atoms with van der Waals surface area (Å²) in [5.74, 6) is -0.997. The van der Waals surface area contributed by atoms with E-state index in [4.69, 9.17) is 15.2 Å². The Kier molecular flexibility index (Phi) is 10.4. The lowest BCUT2D eigenvalue weighted by molar-refractivity contribution is -0.174. The summed E-state index contributed by atoms with van der Waals surface area (Å²) in [6.07, 6.45) is 0.117. The summed E-state index contributed by atoms with van der Waals surface area (Å²) in [6, 6.07) is -0.635. The van der Waals surface area contributed by atoms with Crippen molar-refractivity contribution < 1.29 is 29.0 Å². The number of alkyl carbamates (subject to hydrolysis) is 1. The standard InChI is InChI=1S/C22H40N4O6/c1-8-14(9-2)18(24-12(3)27)17-15(10-11-16(17)28)25-20(23)26-21(30)32-13(4)31-19(29)22(5,6)7/h13-18,28H,8-11H2,1-7H3,(H,24,27)(H3,23,25,26,30)/t13?,15?,16-,17+,18?/m1/s1. The van der Waals surface area contributed by atoms with Crippen molar-refractivity contribution in [3.8, 4) is 0 Å². The molecule has 0 aliphatic heterocycles. The summed E-state index contributed by atoms with van der Waals surface area (Å²) >= 11 is 0.